The van der Waals surface area contributed by atoms with Gasteiger partial charge in [-0.25, -0.2) is 0 Å². The van der Waals surface area contributed by atoms with Gasteiger partial charge in [-0.15, -0.1) is 0 Å². The van der Waals surface area contributed by atoms with E-state index in [-0.39, 0.29) is 23.9 Å². The van der Waals surface area contributed by atoms with E-state index in [0.29, 0.717) is 16.7 Å². The van der Waals surface area contributed by atoms with Crippen molar-refractivity contribution in [1.29, 1.82) is 0 Å². The Hall–Kier alpha value is -3.64. The molecule has 214 valence electrons. The second-order valence-corrected chi connectivity index (χ2v) is 13.0. The van der Waals surface area contributed by atoms with E-state index in [9.17, 15) is 14.7 Å². The quantitative estimate of drug-likeness (QED) is 0.173. The van der Waals surface area contributed by atoms with E-state index in [1.165, 1.54) is 0 Å². The van der Waals surface area contributed by atoms with Crippen LogP contribution in [0.5, 0.6) is 0 Å². The average molecular weight is 694 g/mol. The molecule has 0 aromatic heterocycles. The van der Waals surface area contributed by atoms with Crippen LogP contribution in [0.1, 0.15) is 55.7 Å². The second kappa shape index (κ2) is 12.5. The molecule has 0 spiro atoms. The molecule has 3 nitrogen and oxygen atoms in total. The highest BCUT2D eigenvalue weighted by Crippen LogP contribution is 2.58. The first-order valence-electron chi connectivity index (χ1n) is 14.3. The minimum absolute atomic E-state index is 0.0449. The summed E-state index contributed by atoms with van der Waals surface area (Å²) in [6.07, 6.45) is 0.199. The predicted octanol–water partition coefficient (Wildman–Crippen LogP) is 9.37. The van der Waals surface area contributed by atoms with Crippen LogP contribution in [-0.2, 0) is 5.60 Å². The molecular formula is C38H30Br2O3. The van der Waals surface area contributed by atoms with Crippen molar-refractivity contribution in [2.24, 2.45) is 11.8 Å². The highest BCUT2D eigenvalue weighted by Gasteiger charge is 2.58. The summed E-state index contributed by atoms with van der Waals surface area (Å²) < 4.78 is 1.73. The average Bonchev–Trinajstić information content (AvgIpc) is 3.05. The maximum Gasteiger partial charge on any atom is 0.169 e. The first-order valence-corrected chi connectivity index (χ1v) is 15.9. The fourth-order valence-corrected chi connectivity index (χ4v) is 7.68. The topological polar surface area (TPSA) is 54.4 Å². The fraction of sp³-hybridized carbons (Fsp3) is 0.158. The normalized spacial score (nSPS) is 23.4. The zero-order valence-electron chi connectivity index (χ0n) is 23.3. The molecule has 1 aliphatic carbocycles. The molecule has 6 rings (SSSR count). The summed E-state index contributed by atoms with van der Waals surface area (Å²) in [7, 11) is 0. The van der Waals surface area contributed by atoms with E-state index in [2.05, 4.69) is 31.9 Å². The third-order valence-electron chi connectivity index (χ3n) is 8.71. The molecule has 0 aliphatic heterocycles. The third kappa shape index (κ3) is 5.82. The maximum atomic E-state index is 14.8. The van der Waals surface area contributed by atoms with E-state index < -0.39 is 23.4 Å². The summed E-state index contributed by atoms with van der Waals surface area (Å²) in [6, 6.07) is 43.7. The van der Waals surface area contributed by atoms with Crippen molar-refractivity contribution in [3.8, 4) is 0 Å². The van der Waals surface area contributed by atoms with E-state index in [0.717, 1.165) is 20.1 Å². The predicted molar refractivity (Wildman–Crippen MR) is 177 cm³/mol. The van der Waals surface area contributed by atoms with Crippen LogP contribution in [0.3, 0.4) is 0 Å². The van der Waals surface area contributed by atoms with Crippen LogP contribution >= 0.6 is 31.9 Å². The van der Waals surface area contributed by atoms with E-state index in [1.807, 2.05) is 127 Å². The zero-order chi connectivity index (χ0) is 30.0. The van der Waals surface area contributed by atoms with Gasteiger partial charge in [-0.1, -0.05) is 147 Å². The number of carbonyl (C=O) groups excluding carboxylic acids is 2. The van der Waals surface area contributed by atoms with Gasteiger partial charge in [0.25, 0.3) is 0 Å². The highest BCUT2D eigenvalue weighted by atomic mass is 79.9. The number of hydrogen-bond acceptors (Lipinski definition) is 3. The van der Waals surface area contributed by atoms with Crippen LogP contribution < -0.4 is 0 Å². The monoisotopic (exact) mass is 692 g/mol. The Morgan fingerprint density at radius 3 is 1.65 bits per heavy atom. The van der Waals surface area contributed by atoms with Gasteiger partial charge in [0.2, 0.25) is 0 Å². The standard InChI is InChI=1S/C38H30Br2O3/c39-30-20-10-16-27(22-30)32-24-38(43,29-18-8-3-9-19-29)35(37(42)26-14-6-2-7-15-26)33(28-17-11-21-31(40)23-28)34(32)36(41)25-12-4-1-5-13-25/h1-23,32-35,43H,24H2/t32-,33-,34-,35-,38+/m1/s1. The Bertz CT molecular complexity index is 1740. The molecule has 0 radical (unpaired) electrons. The minimum atomic E-state index is -1.57. The molecule has 0 saturated heterocycles. The van der Waals surface area contributed by atoms with E-state index >= 15 is 0 Å². The van der Waals surface area contributed by atoms with Crippen molar-refractivity contribution in [2.45, 2.75) is 23.9 Å². The lowest BCUT2D eigenvalue weighted by molar-refractivity contribution is -0.0690. The van der Waals surface area contributed by atoms with Crippen molar-refractivity contribution < 1.29 is 14.7 Å². The molecule has 0 unspecified atom stereocenters. The van der Waals surface area contributed by atoms with Crippen molar-refractivity contribution >= 4 is 43.4 Å². The van der Waals surface area contributed by atoms with Crippen molar-refractivity contribution in [3.63, 3.8) is 0 Å². The number of Topliss-reactive ketones (excluding diaryl/α,β-unsaturated/α-hetero) is 2. The maximum absolute atomic E-state index is 14.8. The zero-order valence-corrected chi connectivity index (χ0v) is 26.5. The van der Waals surface area contributed by atoms with Gasteiger partial charge < -0.3 is 5.11 Å². The number of ketones is 2. The van der Waals surface area contributed by atoms with Crippen LogP contribution in [0.2, 0.25) is 0 Å². The third-order valence-corrected chi connectivity index (χ3v) is 9.70. The molecule has 5 aromatic rings. The molecule has 1 aliphatic rings. The van der Waals surface area contributed by atoms with Gasteiger partial charge in [0, 0.05) is 31.9 Å². The Kier molecular flexibility index (Phi) is 8.58. The Morgan fingerprint density at radius 1 is 0.605 bits per heavy atom. The molecule has 0 bridgehead atoms. The van der Waals surface area contributed by atoms with Crippen LogP contribution in [0.4, 0.5) is 0 Å². The number of halogens is 2. The fourth-order valence-electron chi connectivity index (χ4n) is 6.85. The number of hydrogen-bond donors (Lipinski definition) is 1. The first kappa shape index (κ1) is 29.4. The highest BCUT2D eigenvalue weighted by molar-refractivity contribution is 9.10. The summed E-state index contributed by atoms with van der Waals surface area (Å²) in [5.74, 6) is -2.83. The molecule has 1 N–H and O–H groups in total. The lowest BCUT2D eigenvalue weighted by Gasteiger charge is -2.51. The molecule has 5 heteroatoms. The first-order chi connectivity index (χ1) is 20.9. The van der Waals surface area contributed by atoms with Gasteiger partial charge in [0.15, 0.2) is 11.6 Å². The Balaban J connectivity index is 1.67. The Morgan fingerprint density at radius 2 is 1.09 bits per heavy atom. The molecular weight excluding hydrogens is 664 g/mol. The number of benzene rings is 5. The smallest absolute Gasteiger partial charge is 0.169 e. The van der Waals surface area contributed by atoms with Crippen LogP contribution in [0, 0.1) is 11.8 Å². The summed E-state index contributed by atoms with van der Waals surface area (Å²) >= 11 is 7.27. The van der Waals surface area contributed by atoms with Crippen molar-refractivity contribution in [2.75, 3.05) is 0 Å². The lowest BCUT2D eigenvalue weighted by Crippen LogP contribution is -2.53. The van der Waals surface area contributed by atoms with Crippen LogP contribution in [-0.4, -0.2) is 16.7 Å². The summed E-state index contributed by atoms with van der Waals surface area (Å²) in [5.41, 5.74) is 1.95. The second-order valence-electron chi connectivity index (χ2n) is 11.2. The molecule has 5 aromatic carbocycles. The van der Waals surface area contributed by atoms with Gasteiger partial charge in [0.1, 0.15) is 5.60 Å². The minimum Gasteiger partial charge on any atom is -0.384 e. The molecule has 0 heterocycles. The molecule has 5 atom stereocenters. The van der Waals surface area contributed by atoms with Crippen molar-refractivity contribution in [1.82, 2.24) is 0 Å². The van der Waals surface area contributed by atoms with E-state index in [1.54, 1.807) is 12.1 Å². The van der Waals surface area contributed by atoms with Gasteiger partial charge in [0.05, 0.1) is 5.92 Å². The van der Waals surface area contributed by atoms with Gasteiger partial charge in [-0.3, -0.25) is 9.59 Å². The SMILES string of the molecule is O=C(c1ccccc1)[C@H]1[C@@H](c2cccc(Br)c2)[C@H](C(=O)c2ccccc2)[C@@](O)(c2ccccc2)C[C@@H]1c1cccc(Br)c1. The number of aliphatic hydroxyl groups is 1. The lowest BCUT2D eigenvalue weighted by atomic mass is 9.52. The summed E-state index contributed by atoms with van der Waals surface area (Å²) in [5, 5.41) is 13.1. The van der Waals surface area contributed by atoms with Crippen LogP contribution in [0.25, 0.3) is 0 Å². The molecule has 1 saturated carbocycles. The number of rotatable bonds is 7. The van der Waals surface area contributed by atoms with E-state index in [4.69, 9.17) is 0 Å². The number of carbonyl (C=O) groups is 2. The van der Waals surface area contributed by atoms with Gasteiger partial charge >= 0.3 is 0 Å². The molecule has 0 amide bonds. The van der Waals surface area contributed by atoms with Crippen molar-refractivity contribution in [3.05, 3.63) is 176 Å². The summed E-state index contributed by atoms with van der Waals surface area (Å²) in [6.45, 7) is 0. The Labute approximate surface area is 268 Å². The van der Waals surface area contributed by atoms with Gasteiger partial charge in [-0.05, 0) is 53.3 Å². The summed E-state index contributed by atoms with van der Waals surface area (Å²) in [4.78, 5) is 29.5. The van der Waals surface area contributed by atoms with Gasteiger partial charge in [-0.2, -0.15) is 0 Å². The van der Waals surface area contributed by atoms with Crippen LogP contribution in [0.15, 0.2) is 148 Å². The largest absolute Gasteiger partial charge is 0.384 e. The molecule has 43 heavy (non-hydrogen) atoms. The molecule has 1 fully saturated rings.